The molecule has 0 fully saturated rings. The van der Waals surface area contributed by atoms with E-state index >= 15 is 0 Å². The molecule has 0 saturated heterocycles. The number of rotatable bonds is 15. The summed E-state index contributed by atoms with van der Waals surface area (Å²) in [6.45, 7) is 1.54. The maximum absolute atomic E-state index is 14.5. The van der Waals surface area contributed by atoms with Crippen molar-refractivity contribution >= 4 is 56.4 Å². The number of hydrogen-bond donors (Lipinski definition) is 1. The number of unbranched alkanes of at least 4 members (excludes halogenated alkanes) is 1. The van der Waals surface area contributed by atoms with Crippen LogP contribution >= 0.6 is 23.2 Å². The Kier molecular flexibility index (Phi) is 12.4. The lowest BCUT2D eigenvalue weighted by atomic mass is 10.0. The van der Waals surface area contributed by atoms with Crippen molar-refractivity contribution in [1.29, 1.82) is 0 Å². The number of carbonyl (C=O) groups excluding carboxylic acids is 2. The third-order valence-corrected chi connectivity index (χ3v) is 9.79. The van der Waals surface area contributed by atoms with Crippen LogP contribution in [0.15, 0.2) is 108 Å². The quantitative estimate of drug-likeness (QED) is 0.0841. The molecule has 0 saturated carbocycles. The van der Waals surface area contributed by atoms with Crippen molar-refractivity contribution in [3.05, 3.63) is 134 Å². The predicted molar refractivity (Wildman–Crippen MR) is 183 cm³/mol. The van der Waals surface area contributed by atoms with Gasteiger partial charge in [-0.15, -0.1) is 0 Å². The molecule has 0 aromatic heterocycles. The van der Waals surface area contributed by atoms with E-state index in [1.165, 1.54) is 35.2 Å². The second kappa shape index (κ2) is 16.4. The molecule has 4 aromatic carbocycles. The predicted octanol–water partition coefficient (Wildman–Crippen LogP) is 6.65. The Labute approximate surface area is 284 Å². The number of nitro benzene ring substituents is 1. The number of anilines is 1. The number of halogens is 2. The van der Waals surface area contributed by atoms with Crippen LogP contribution in [0.25, 0.3) is 0 Å². The minimum absolute atomic E-state index is 0.0317. The average Bonchev–Trinajstić information content (AvgIpc) is 3.07. The highest BCUT2D eigenvalue weighted by atomic mass is 35.5. The summed E-state index contributed by atoms with van der Waals surface area (Å²) in [4.78, 5) is 40.3. The van der Waals surface area contributed by atoms with E-state index in [9.17, 15) is 28.1 Å². The van der Waals surface area contributed by atoms with E-state index in [0.29, 0.717) is 17.1 Å². The van der Waals surface area contributed by atoms with Crippen LogP contribution in [0.4, 0.5) is 11.4 Å². The first-order valence-electron chi connectivity index (χ1n) is 14.9. The Bertz CT molecular complexity index is 1790. The molecule has 246 valence electrons. The SMILES string of the molecule is CCCCNC(=O)[C@@H](Cc1ccccc1)N(Cc1ccc(Cl)cc1Cl)C(=O)CN(c1ccc([N+](=O)[O-])cc1)S(=O)(=O)c1ccccc1. The molecule has 1 N–H and O–H groups in total. The molecule has 0 aliphatic rings. The van der Waals surface area contributed by atoms with E-state index in [4.69, 9.17) is 23.2 Å². The van der Waals surface area contributed by atoms with E-state index in [-0.39, 0.29) is 34.3 Å². The average molecular weight is 698 g/mol. The third-order valence-electron chi connectivity index (χ3n) is 7.42. The fourth-order valence-corrected chi connectivity index (χ4v) is 6.79. The first-order chi connectivity index (χ1) is 22.5. The number of benzene rings is 4. The molecule has 0 aliphatic heterocycles. The number of hydrogen-bond acceptors (Lipinski definition) is 6. The second-order valence-electron chi connectivity index (χ2n) is 10.7. The minimum Gasteiger partial charge on any atom is -0.354 e. The van der Waals surface area contributed by atoms with Gasteiger partial charge in [-0.2, -0.15) is 0 Å². The topological polar surface area (TPSA) is 130 Å². The Hall–Kier alpha value is -4.45. The maximum atomic E-state index is 14.5. The normalized spacial score (nSPS) is 11.8. The lowest BCUT2D eigenvalue weighted by Crippen LogP contribution is -2.53. The van der Waals surface area contributed by atoms with Crippen molar-refractivity contribution in [3.8, 4) is 0 Å². The summed E-state index contributed by atoms with van der Waals surface area (Å²) in [7, 11) is -4.35. The van der Waals surface area contributed by atoms with Crippen LogP contribution in [0.5, 0.6) is 0 Å². The number of nitrogens with one attached hydrogen (secondary N) is 1. The zero-order valence-corrected chi connectivity index (χ0v) is 27.9. The van der Waals surface area contributed by atoms with Crippen LogP contribution in [-0.4, -0.2) is 49.2 Å². The van der Waals surface area contributed by atoms with Crippen molar-refractivity contribution in [3.63, 3.8) is 0 Å². The molecule has 47 heavy (non-hydrogen) atoms. The van der Waals surface area contributed by atoms with Crippen LogP contribution in [-0.2, 0) is 32.6 Å². The zero-order chi connectivity index (χ0) is 34.0. The van der Waals surface area contributed by atoms with Gasteiger partial charge in [0.25, 0.3) is 15.7 Å². The van der Waals surface area contributed by atoms with Crippen molar-refractivity contribution in [2.75, 3.05) is 17.4 Å². The molecular formula is C34H34Cl2N4O6S. The van der Waals surface area contributed by atoms with E-state index in [1.54, 1.807) is 30.3 Å². The van der Waals surface area contributed by atoms with Crippen LogP contribution in [0, 0.1) is 10.1 Å². The summed E-state index contributed by atoms with van der Waals surface area (Å²) in [5.74, 6) is -1.10. The monoisotopic (exact) mass is 696 g/mol. The van der Waals surface area contributed by atoms with Crippen LogP contribution in [0.2, 0.25) is 10.0 Å². The molecular weight excluding hydrogens is 663 g/mol. The molecule has 0 radical (unpaired) electrons. The van der Waals surface area contributed by atoms with Gasteiger partial charge < -0.3 is 10.2 Å². The largest absolute Gasteiger partial charge is 0.354 e. The first kappa shape index (κ1) is 35.4. The highest BCUT2D eigenvalue weighted by Crippen LogP contribution is 2.28. The summed E-state index contributed by atoms with van der Waals surface area (Å²) in [5, 5.41) is 14.9. The highest BCUT2D eigenvalue weighted by molar-refractivity contribution is 7.92. The fraction of sp³-hybridized carbons (Fsp3) is 0.235. The molecule has 2 amide bonds. The fourth-order valence-electron chi connectivity index (χ4n) is 4.88. The van der Waals surface area contributed by atoms with Crippen molar-refractivity contribution < 1.29 is 22.9 Å². The van der Waals surface area contributed by atoms with E-state index in [2.05, 4.69) is 5.32 Å². The van der Waals surface area contributed by atoms with Gasteiger partial charge in [0.2, 0.25) is 11.8 Å². The van der Waals surface area contributed by atoms with E-state index in [1.807, 2.05) is 37.3 Å². The third kappa shape index (κ3) is 9.31. The maximum Gasteiger partial charge on any atom is 0.269 e. The molecule has 0 aliphatic carbocycles. The number of sulfonamides is 1. The molecule has 0 bridgehead atoms. The molecule has 10 nitrogen and oxygen atoms in total. The van der Waals surface area contributed by atoms with Gasteiger partial charge in [0.15, 0.2) is 0 Å². The summed E-state index contributed by atoms with van der Waals surface area (Å²) < 4.78 is 29.0. The van der Waals surface area contributed by atoms with Crippen LogP contribution < -0.4 is 9.62 Å². The number of nitrogens with zero attached hydrogens (tertiary/aromatic N) is 3. The van der Waals surface area contributed by atoms with Gasteiger partial charge in [0.05, 0.1) is 15.5 Å². The van der Waals surface area contributed by atoms with Crippen LogP contribution in [0.1, 0.15) is 30.9 Å². The summed E-state index contributed by atoms with van der Waals surface area (Å²) in [6, 6.07) is 25.3. The molecule has 0 unspecified atom stereocenters. The van der Waals surface area contributed by atoms with Gasteiger partial charge in [-0.1, -0.05) is 91.1 Å². The van der Waals surface area contributed by atoms with Gasteiger partial charge in [-0.05, 0) is 53.9 Å². The van der Waals surface area contributed by atoms with Gasteiger partial charge in [0, 0.05) is 41.7 Å². The molecule has 0 heterocycles. The van der Waals surface area contributed by atoms with E-state index < -0.39 is 39.3 Å². The number of nitro groups is 1. The molecule has 0 spiro atoms. The lowest BCUT2D eigenvalue weighted by Gasteiger charge is -2.34. The molecule has 13 heteroatoms. The Morgan fingerprint density at radius 1 is 0.915 bits per heavy atom. The van der Waals surface area contributed by atoms with Crippen molar-refractivity contribution in [1.82, 2.24) is 10.2 Å². The zero-order valence-electron chi connectivity index (χ0n) is 25.6. The minimum atomic E-state index is -4.35. The lowest BCUT2D eigenvalue weighted by molar-refractivity contribution is -0.384. The Morgan fingerprint density at radius 3 is 2.15 bits per heavy atom. The summed E-state index contributed by atoms with van der Waals surface area (Å²) >= 11 is 12.7. The van der Waals surface area contributed by atoms with Gasteiger partial charge in [-0.25, -0.2) is 8.42 Å². The summed E-state index contributed by atoms with van der Waals surface area (Å²) in [5.41, 5.74) is 1.07. The molecule has 4 rings (SSSR count). The first-order valence-corrected chi connectivity index (χ1v) is 17.1. The second-order valence-corrected chi connectivity index (χ2v) is 13.4. The smallest absolute Gasteiger partial charge is 0.269 e. The standard InChI is InChI=1S/C34H34Cl2N4O6S/c1-2-3-20-37-34(42)32(21-25-10-6-4-7-11-25)38(23-26-14-15-27(35)22-31(26)36)33(41)24-39(28-16-18-29(19-17-28)40(43)44)47(45,46)30-12-8-5-9-13-30/h4-19,22,32H,2-3,20-21,23-24H2,1H3,(H,37,42)/t32-/m1/s1. The van der Waals surface area contributed by atoms with Gasteiger partial charge >= 0.3 is 0 Å². The van der Waals surface area contributed by atoms with Gasteiger partial charge in [0.1, 0.15) is 12.6 Å². The number of carbonyl (C=O) groups is 2. The summed E-state index contributed by atoms with van der Waals surface area (Å²) in [6.07, 6.45) is 1.71. The Balaban J connectivity index is 1.81. The van der Waals surface area contributed by atoms with Crippen molar-refractivity contribution in [2.24, 2.45) is 0 Å². The molecule has 4 aromatic rings. The number of amides is 2. The van der Waals surface area contributed by atoms with Crippen LogP contribution in [0.3, 0.4) is 0 Å². The Morgan fingerprint density at radius 2 is 1.55 bits per heavy atom. The highest BCUT2D eigenvalue weighted by Gasteiger charge is 2.35. The molecule has 1 atom stereocenters. The van der Waals surface area contributed by atoms with Crippen molar-refractivity contribution in [2.45, 2.75) is 43.7 Å². The van der Waals surface area contributed by atoms with Gasteiger partial charge in [-0.3, -0.25) is 24.0 Å². The number of non-ortho nitro benzene ring substituents is 1. The van der Waals surface area contributed by atoms with E-state index in [0.717, 1.165) is 34.8 Å².